The van der Waals surface area contributed by atoms with Gasteiger partial charge < -0.3 is 5.32 Å². The first-order valence-electron chi connectivity index (χ1n) is 5.44. The zero-order valence-electron chi connectivity index (χ0n) is 9.45. The number of nitrogens with one attached hydrogen (secondary N) is 1. The Bertz CT molecular complexity index is 255. The molecule has 80 valence electrons. The van der Waals surface area contributed by atoms with E-state index in [9.17, 15) is 0 Å². The van der Waals surface area contributed by atoms with E-state index >= 15 is 0 Å². The summed E-state index contributed by atoms with van der Waals surface area (Å²) in [4.78, 5) is 0. The van der Waals surface area contributed by atoms with Gasteiger partial charge in [-0.3, -0.25) is 4.68 Å². The van der Waals surface area contributed by atoms with Gasteiger partial charge in [0.1, 0.15) is 0 Å². The Morgan fingerprint density at radius 1 is 1.50 bits per heavy atom. The van der Waals surface area contributed by atoms with Crippen LogP contribution in [-0.4, -0.2) is 22.9 Å². The highest BCUT2D eigenvalue weighted by molar-refractivity contribution is 5.04. The SMILES string of the molecule is CCCNCCC(C)c1ccn(C)n1. The molecule has 0 spiro atoms. The highest BCUT2D eigenvalue weighted by atomic mass is 15.2. The average Bonchev–Trinajstić information content (AvgIpc) is 2.59. The maximum atomic E-state index is 4.40. The minimum absolute atomic E-state index is 0.556. The first-order valence-corrected chi connectivity index (χ1v) is 5.44. The van der Waals surface area contributed by atoms with Crippen molar-refractivity contribution in [2.75, 3.05) is 13.1 Å². The van der Waals surface area contributed by atoms with Crippen molar-refractivity contribution in [1.82, 2.24) is 15.1 Å². The lowest BCUT2D eigenvalue weighted by Gasteiger charge is -2.08. The van der Waals surface area contributed by atoms with Crippen molar-refractivity contribution < 1.29 is 0 Å². The molecule has 0 saturated carbocycles. The molecular weight excluding hydrogens is 174 g/mol. The van der Waals surface area contributed by atoms with Crippen molar-refractivity contribution in [2.45, 2.75) is 32.6 Å². The number of aromatic nitrogens is 2. The second-order valence-corrected chi connectivity index (χ2v) is 3.85. The molecule has 0 aliphatic carbocycles. The second kappa shape index (κ2) is 5.81. The normalized spacial score (nSPS) is 13.1. The topological polar surface area (TPSA) is 29.9 Å². The number of nitrogens with zero attached hydrogens (tertiary/aromatic N) is 2. The third-order valence-electron chi connectivity index (χ3n) is 2.42. The maximum Gasteiger partial charge on any atom is 0.0653 e. The van der Waals surface area contributed by atoms with E-state index in [1.54, 1.807) is 0 Å². The Labute approximate surface area is 86.5 Å². The van der Waals surface area contributed by atoms with Crippen LogP contribution >= 0.6 is 0 Å². The van der Waals surface area contributed by atoms with Gasteiger partial charge in [0.2, 0.25) is 0 Å². The minimum Gasteiger partial charge on any atom is -0.317 e. The summed E-state index contributed by atoms with van der Waals surface area (Å²) in [5.41, 5.74) is 1.20. The molecule has 0 radical (unpaired) electrons. The van der Waals surface area contributed by atoms with Crippen molar-refractivity contribution in [3.8, 4) is 0 Å². The Balaban J connectivity index is 2.25. The van der Waals surface area contributed by atoms with Crippen LogP contribution in [0.1, 0.15) is 38.3 Å². The predicted molar refractivity (Wildman–Crippen MR) is 59.4 cm³/mol. The van der Waals surface area contributed by atoms with E-state index in [0.717, 1.165) is 19.5 Å². The molecule has 0 saturated heterocycles. The van der Waals surface area contributed by atoms with Gasteiger partial charge in [0.15, 0.2) is 0 Å². The van der Waals surface area contributed by atoms with Gasteiger partial charge in [0.05, 0.1) is 5.69 Å². The predicted octanol–water partition coefficient (Wildman–Crippen LogP) is 1.91. The van der Waals surface area contributed by atoms with Crippen LogP contribution in [-0.2, 0) is 7.05 Å². The molecule has 0 fully saturated rings. The zero-order chi connectivity index (χ0) is 10.4. The molecule has 1 heterocycles. The third kappa shape index (κ3) is 3.50. The van der Waals surface area contributed by atoms with E-state index in [1.165, 1.54) is 12.1 Å². The van der Waals surface area contributed by atoms with Crippen LogP contribution in [0, 0.1) is 0 Å². The van der Waals surface area contributed by atoms with Crippen molar-refractivity contribution in [1.29, 1.82) is 0 Å². The Morgan fingerprint density at radius 2 is 2.29 bits per heavy atom. The second-order valence-electron chi connectivity index (χ2n) is 3.85. The summed E-state index contributed by atoms with van der Waals surface area (Å²) in [5.74, 6) is 0.556. The molecule has 1 aromatic heterocycles. The van der Waals surface area contributed by atoms with Crippen molar-refractivity contribution in [2.24, 2.45) is 7.05 Å². The van der Waals surface area contributed by atoms with E-state index in [4.69, 9.17) is 0 Å². The van der Waals surface area contributed by atoms with Crippen LogP contribution in [0.2, 0.25) is 0 Å². The fourth-order valence-corrected chi connectivity index (χ4v) is 1.46. The Morgan fingerprint density at radius 3 is 2.86 bits per heavy atom. The van der Waals surface area contributed by atoms with E-state index < -0.39 is 0 Å². The number of hydrogen-bond acceptors (Lipinski definition) is 2. The lowest BCUT2D eigenvalue weighted by atomic mass is 10.0. The molecule has 0 bridgehead atoms. The summed E-state index contributed by atoms with van der Waals surface area (Å²) in [6, 6.07) is 2.10. The van der Waals surface area contributed by atoms with E-state index in [0.29, 0.717) is 5.92 Å². The smallest absolute Gasteiger partial charge is 0.0653 e. The molecule has 14 heavy (non-hydrogen) atoms. The van der Waals surface area contributed by atoms with Gasteiger partial charge in [0, 0.05) is 19.2 Å². The molecule has 0 aromatic carbocycles. The summed E-state index contributed by atoms with van der Waals surface area (Å²) in [5, 5.41) is 7.81. The summed E-state index contributed by atoms with van der Waals surface area (Å²) < 4.78 is 1.87. The van der Waals surface area contributed by atoms with Crippen LogP contribution in [0.3, 0.4) is 0 Å². The lowest BCUT2D eigenvalue weighted by Crippen LogP contribution is -2.17. The number of hydrogen-bond donors (Lipinski definition) is 1. The average molecular weight is 195 g/mol. The first-order chi connectivity index (χ1) is 6.74. The van der Waals surface area contributed by atoms with E-state index in [2.05, 4.69) is 30.3 Å². The first kappa shape index (κ1) is 11.2. The number of rotatable bonds is 6. The van der Waals surface area contributed by atoms with Crippen LogP contribution in [0.25, 0.3) is 0 Å². The van der Waals surface area contributed by atoms with Crippen LogP contribution in [0.4, 0.5) is 0 Å². The van der Waals surface area contributed by atoms with E-state index in [1.807, 2.05) is 17.9 Å². The summed E-state index contributed by atoms with van der Waals surface area (Å²) in [6.45, 7) is 6.63. The van der Waals surface area contributed by atoms with Crippen LogP contribution < -0.4 is 5.32 Å². The Hall–Kier alpha value is -0.830. The van der Waals surface area contributed by atoms with Crippen molar-refractivity contribution in [3.63, 3.8) is 0 Å². The molecule has 1 aromatic rings. The molecule has 0 aliphatic heterocycles. The molecule has 1 unspecified atom stereocenters. The molecule has 0 aliphatic rings. The number of aryl methyl sites for hydroxylation is 1. The fraction of sp³-hybridized carbons (Fsp3) is 0.727. The quantitative estimate of drug-likeness (QED) is 0.703. The molecule has 1 atom stereocenters. The van der Waals surface area contributed by atoms with Crippen LogP contribution in [0.15, 0.2) is 12.3 Å². The van der Waals surface area contributed by atoms with Crippen molar-refractivity contribution >= 4 is 0 Å². The standard InChI is InChI=1S/C11H21N3/c1-4-7-12-8-5-10(2)11-6-9-14(3)13-11/h6,9-10,12H,4-5,7-8H2,1-3H3. The van der Waals surface area contributed by atoms with Gasteiger partial charge in [-0.25, -0.2) is 0 Å². The summed E-state index contributed by atoms with van der Waals surface area (Å²) in [6.07, 6.45) is 4.38. The van der Waals surface area contributed by atoms with Gasteiger partial charge in [-0.1, -0.05) is 13.8 Å². The molecule has 3 heteroatoms. The van der Waals surface area contributed by atoms with Crippen LogP contribution in [0.5, 0.6) is 0 Å². The minimum atomic E-state index is 0.556. The molecule has 3 nitrogen and oxygen atoms in total. The zero-order valence-corrected chi connectivity index (χ0v) is 9.45. The van der Waals surface area contributed by atoms with Gasteiger partial charge in [-0.05, 0) is 32.0 Å². The molecule has 1 rings (SSSR count). The van der Waals surface area contributed by atoms with Gasteiger partial charge in [-0.15, -0.1) is 0 Å². The van der Waals surface area contributed by atoms with Gasteiger partial charge in [0.25, 0.3) is 0 Å². The Kier molecular flexibility index (Phi) is 4.66. The molecule has 0 amide bonds. The highest BCUT2D eigenvalue weighted by Crippen LogP contribution is 2.15. The monoisotopic (exact) mass is 195 g/mol. The largest absolute Gasteiger partial charge is 0.317 e. The molecular formula is C11H21N3. The third-order valence-corrected chi connectivity index (χ3v) is 2.42. The summed E-state index contributed by atoms with van der Waals surface area (Å²) in [7, 11) is 1.96. The highest BCUT2D eigenvalue weighted by Gasteiger charge is 2.07. The maximum absolute atomic E-state index is 4.40. The van der Waals surface area contributed by atoms with Crippen molar-refractivity contribution in [3.05, 3.63) is 18.0 Å². The molecule has 1 N–H and O–H groups in total. The van der Waals surface area contributed by atoms with E-state index in [-0.39, 0.29) is 0 Å². The fourth-order valence-electron chi connectivity index (χ4n) is 1.46. The lowest BCUT2D eigenvalue weighted by molar-refractivity contribution is 0.575. The summed E-state index contributed by atoms with van der Waals surface area (Å²) >= 11 is 0. The van der Waals surface area contributed by atoms with Gasteiger partial charge >= 0.3 is 0 Å². The van der Waals surface area contributed by atoms with Gasteiger partial charge in [-0.2, -0.15) is 5.10 Å².